The molecule has 1 amide bonds. The number of aliphatic hydroxyl groups excluding tert-OH is 2. The molecule has 1 saturated heterocycles. The van der Waals surface area contributed by atoms with Gasteiger partial charge in [0.2, 0.25) is 5.91 Å². The first-order valence-corrected chi connectivity index (χ1v) is 5.70. The molecule has 1 aliphatic heterocycles. The van der Waals surface area contributed by atoms with Gasteiger partial charge in [-0.3, -0.25) is 9.69 Å². The average Bonchev–Trinajstić information content (AvgIpc) is 2.27. The zero-order chi connectivity index (χ0) is 13.8. The van der Waals surface area contributed by atoms with E-state index >= 15 is 0 Å². The second-order valence-corrected chi connectivity index (χ2v) is 4.24. The lowest BCUT2D eigenvalue weighted by Gasteiger charge is -2.37. The Morgan fingerprint density at radius 1 is 1.28 bits per heavy atom. The lowest BCUT2D eigenvalue weighted by Crippen LogP contribution is -2.56. The van der Waals surface area contributed by atoms with Crippen LogP contribution in [-0.4, -0.2) is 65.6 Å². The molecule has 1 rings (SSSR count). The smallest absolute Gasteiger partial charge is 0.395 e. The molecule has 0 radical (unpaired) electrons. The predicted molar refractivity (Wildman–Crippen MR) is 56.8 cm³/mol. The van der Waals surface area contributed by atoms with Gasteiger partial charge < -0.3 is 15.5 Å². The minimum atomic E-state index is -4.47. The van der Waals surface area contributed by atoms with Crippen LogP contribution in [0.2, 0.25) is 0 Å². The van der Waals surface area contributed by atoms with Gasteiger partial charge >= 0.3 is 6.18 Å². The van der Waals surface area contributed by atoms with Crippen molar-refractivity contribution in [3.05, 3.63) is 0 Å². The molecule has 0 spiro atoms. The van der Waals surface area contributed by atoms with E-state index in [1.165, 1.54) is 4.90 Å². The standard InChI is InChI=1S/C10H17F3N2O3/c11-10(12,13)8-5-7(6-9(18)14-8)15(1-3-16)2-4-17/h7-8,16-17H,1-6H2,(H,14,18). The highest BCUT2D eigenvalue weighted by atomic mass is 19.4. The highest BCUT2D eigenvalue weighted by molar-refractivity contribution is 5.78. The molecule has 2 atom stereocenters. The number of rotatable bonds is 5. The third-order valence-corrected chi connectivity index (χ3v) is 2.95. The van der Waals surface area contributed by atoms with Crippen molar-refractivity contribution in [2.45, 2.75) is 31.1 Å². The fraction of sp³-hybridized carbons (Fsp3) is 0.900. The van der Waals surface area contributed by atoms with E-state index in [1.807, 2.05) is 5.32 Å². The van der Waals surface area contributed by atoms with Crippen molar-refractivity contribution in [2.75, 3.05) is 26.3 Å². The molecular formula is C10H17F3N2O3. The topological polar surface area (TPSA) is 72.8 Å². The number of piperidine rings is 1. The van der Waals surface area contributed by atoms with E-state index in [1.54, 1.807) is 0 Å². The van der Waals surface area contributed by atoms with Crippen LogP contribution in [0.5, 0.6) is 0 Å². The number of nitrogens with zero attached hydrogens (tertiary/aromatic N) is 1. The first-order chi connectivity index (χ1) is 8.38. The number of carbonyl (C=O) groups excluding carboxylic acids is 1. The summed E-state index contributed by atoms with van der Waals surface area (Å²) in [6.07, 6.45) is -4.78. The molecular weight excluding hydrogens is 253 g/mol. The number of hydrogen-bond acceptors (Lipinski definition) is 4. The second kappa shape index (κ2) is 6.35. The fourth-order valence-corrected chi connectivity index (χ4v) is 2.11. The van der Waals surface area contributed by atoms with Crippen LogP contribution in [0.1, 0.15) is 12.8 Å². The lowest BCUT2D eigenvalue weighted by molar-refractivity contribution is -0.171. The van der Waals surface area contributed by atoms with Crippen LogP contribution >= 0.6 is 0 Å². The summed E-state index contributed by atoms with van der Waals surface area (Å²) >= 11 is 0. The van der Waals surface area contributed by atoms with Crippen LogP contribution in [-0.2, 0) is 4.79 Å². The molecule has 0 aromatic carbocycles. The molecule has 1 fully saturated rings. The van der Waals surface area contributed by atoms with E-state index in [0.717, 1.165) is 0 Å². The highest BCUT2D eigenvalue weighted by Gasteiger charge is 2.45. The molecule has 0 bridgehead atoms. The maximum atomic E-state index is 12.6. The maximum Gasteiger partial charge on any atom is 0.408 e. The Labute approximate surface area is 103 Å². The van der Waals surface area contributed by atoms with E-state index in [4.69, 9.17) is 10.2 Å². The quantitative estimate of drug-likeness (QED) is 0.629. The third-order valence-electron chi connectivity index (χ3n) is 2.95. The summed E-state index contributed by atoms with van der Waals surface area (Å²) in [7, 11) is 0. The van der Waals surface area contributed by atoms with Crippen molar-refractivity contribution in [1.82, 2.24) is 10.2 Å². The van der Waals surface area contributed by atoms with E-state index in [-0.39, 0.29) is 39.1 Å². The molecule has 0 saturated carbocycles. The summed E-state index contributed by atoms with van der Waals surface area (Å²) in [5.41, 5.74) is 0. The second-order valence-electron chi connectivity index (χ2n) is 4.24. The summed E-state index contributed by atoms with van der Waals surface area (Å²) in [6.45, 7) is -0.171. The van der Waals surface area contributed by atoms with E-state index < -0.39 is 24.2 Å². The highest BCUT2D eigenvalue weighted by Crippen LogP contribution is 2.28. The Morgan fingerprint density at radius 2 is 1.83 bits per heavy atom. The average molecular weight is 270 g/mol. The molecule has 1 heterocycles. The van der Waals surface area contributed by atoms with Crippen molar-refractivity contribution < 1.29 is 28.2 Å². The van der Waals surface area contributed by atoms with Crippen molar-refractivity contribution in [2.24, 2.45) is 0 Å². The lowest BCUT2D eigenvalue weighted by atomic mass is 9.97. The number of aliphatic hydroxyl groups is 2. The summed E-state index contributed by atoms with van der Waals surface area (Å²) < 4.78 is 37.8. The van der Waals surface area contributed by atoms with Gasteiger partial charge in [-0.1, -0.05) is 0 Å². The minimum absolute atomic E-state index is 0.0490. The van der Waals surface area contributed by atoms with Crippen LogP contribution < -0.4 is 5.32 Å². The Balaban J connectivity index is 2.71. The van der Waals surface area contributed by atoms with Crippen LogP contribution in [0.4, 0.5) is 13.2 Å². The number of amides is 1. The summed E-state index contributed by atoms with van der Waals surface area (Å²) in [4.78, 5) is 12.8. The SMILES string of the molecule is O=C1CC(N(CCO)CCO)CC(C(F)(F)F)N1. The van der Waals surface area contributed by atoms with Gasteiger partial charge in [0.25, 0.3) is 0 Å². The maximum absolute atomic E-state index is 12.6. The van der Waals surface area contributed by atoms with Gasteiger partial charge in [0.1, 0.15) is 6.04 Å². The number of carbonyl (C=O) groups is 1. The Kier molecular flexibility index (Phi) is 5.36. The molecule has 3 N–H and O–H groups in total. The number of hydrogen-bond donors (Lipinski definition) is 3. The molecule has 106 valence electrons. The van der Waals surface area contributed by atoms with Gasteiger partial charge in [-0.25, -0.2) is 0 Å². The minimum Gasteiger partial charge on any atom is -0.395 e. The van der Waals surface area contributed by atoms with Crippen molar-refractivity contribution in [3.8, 4) is 0 Å². The number of nitrogens with one attached hydrogen (secondary N) is 1. The molecule has 8 heteroatoms. The summed E-state index contributed by atoms with van der Waals surface area (Å²) in [5, 5.41) is 19.6. The monoisotopic (exact) mass is 270 g/mol. The summed E-state index contributed by atoms with van der Waals surface area (Å²) in [6, 6.07) is -2.46. The Bertz CT molecular complexity index is 280. The molecule has 0 aromatic rings. The van der Waals surface area contributed by atoms with E-state index in [2.05, 4.69) is 0 Å². The Morgan fingerprint density at radius 3 is 2.28 bits per heavy atom. The largest absolute Gasteiger partial charge is 0.408 e. The van der Waals surface area contributed by atoms with E-state index in [0.29, 0.717) is 0 Å². The summed E-state index contributed by atoms with van der Waals surface area (Å²) in [5.74, 6) is -0.658. The van der Waals surface area contributed by atoms with Crippen LogP contribution in [0.3, 0.4) is 0 Å². The third kappa shape index (κ3) is 4.11. The molecule has 1 aliphatic rings. The van der Waals surface area contributed by atoms with Crippen LogP contribution in [0.15, 0.2) is 0 Å². The first-order valence-electron chi connectivity index (χ1n) is 5.70. The normalized spacial score (nSPS) is 25.3. The molecule has 0 aromatic heterocycles. The molecule has 5 nitrogen and oxygen atoms in total. The van der Waals surface area contributed by atoms with Crippen molar-refractivity contribution in [3.63, 3.8) is 0 Å². The number of alkyl halides is 3. The van der Waals surface area contributed by atoms with Gasteiger partial charge in [-0.2, -0.15) is 13.2 Å². The predicted octanol–water partition coefficient (Wildman–Crippen LogP) is -0.518. The molecule has 18 heavy (non-hydrogen) atoms. The van der Waals surface area contributed by atoms with Gasteiger partial charge in [-0.15, -0.1) is 0 Å². The van der Waals surface area contributed by atoms with Gasteiger partial charge in [0.05, 0.1) is 13.2 Å². The Hall–Kier alpha value is -0.860. The molecule has 0 aliphatic carbocycles. The zero-order valence-corrected chi connectivity index (χ0v) is 9.78. The van der Waals surface area contributed by atoms with Crippen molar-refractivity contribution in [1.29, 1.82) is 0 Å². The fourth-order valence-electron chi connectivity index (χ4n) is 2.11. The van der Waals surface area contributed by atoms with Gasteiger partial charge in [0.15, 0.2) is 0 Å². The number of halogens is 3. The molecule has 2 unspecified atom stereocenters. The van der Waals surface area contributed by atoms with Crippen LogP contribution in [0.25, 0.3) is 0 Å². The van der Waals surface area contributed by atoms with Crippen molar-refractivity contribution >= 4 is 5.91 Å². The van der Waals surface area contributed by atoms with E-state index in [9.17, 15) is 18.0 Å². The van der Waals surface area contributed by atoms with Gasteiger partial charge in [-0.05, 0) is 6.42 Å². The van der Waals surface area contributed by atoms with Crippen LogP contribution in [0, 0.1) is 0 Å². The van der Waals surface area contributed by atoms with Gasteiger partial charge in [0, 0.05) is 25.6 Å². The first kappa shape index (κ1) is 15.2. The zero-order valence-electron chi connectivity index (χ0n) is 9.78.